The number of carbonyl (C=O) groups excluding carboxylic acids is 1. The number of hydrogen-bond acceptors (Lipinski definition) is 2. The van der Waals surface area contributed by atoms with E-state index >= 15 is 0 Å². The fourth-order valence-electron chi connectivity index (χ4n) is 1.93. The molecule has 3 nitrogen and oxygen atoms in total. The highest BCUT2D eigenvalue weighted by atomic mass is 79.9. The van der Waals surface area contributed by atoms with Gasteiger partial charge in [0.25, 0.3) is 6.08 Å². The van der Waals surface area contributed by atoms with Gasteiger partial charge < -0.3 is 0 Å². The van der Waals surface area contributed by atoms with Crippen LogP contribution in [-0.2, 0) is 0 Å². The van der Waals surface area contributed by atoms with Gasteiger partial charge in [-0.15, -0.1) is 0 Å². The van der Waals surface area contributed by atoms with Crippen molar-refractivity contribution in [3.05, 3.63) is 52.3 Å². The lowest BCUT2D eigenvalue weighted by Crippen LogP contribution is -2.15. The lowest BCUT2D eigenvalue weighted by molar-refractivity contribution is 0.100. The van der Waals surface area contributed by atoms with Gasteiger partial charge in [-0.3, -0.25) is 9.36 Å². The second-order valence-electron chi connectivity index (χ2n) is 4.03. The molecule has 1 heterocycles. The van der Waals surface area contributed by atoms with E-state index in [1.54, 1.807) is 0 Å². The zero-order chi connectivity index (χ0) is 13.3. The summed E-state index contributed by atoms with van der Waals surface area (Å²) in [6.45, 7) is 3.23. The van der Waals surface area contributed by atoms with E-state index in [-0.39, 0.29) is 22.1 Å². The van der Waals surface area contributed by atoms with Crippen molar-refractivity contribution in [1.29, 1.82) is 0 Å². The first kappa shape index (κ1) is 13.0. The number of Topliss-reactive ketones (excluding diaryl/α,β-unsaturated/α-hetero) is 1. The summed E-state index contributed by atoms with van der Waals surface area (Å²) in [5.74, 6) is -0.221. The average molecular weight is 311 g/mol. The van der Waals surface area contributed by atoms with Crippen molar-refractivity contribution in [2.24, 2.45) is 0 Å². The van der Waals surface area contributed by atoms with E-state index in [0.717, 1.165) is 5.56 Å². The Morgan fingerprint density at radius 1 is 1.39 bits per heavy atom. The molecule has 0 unspecified atom stereocenters. The van der Waals surface area contributed by atoms with Gasteiger partial charge in [0, 0.05) is 6.92 Å². The number of carbonyl (C=O) groups is 1. The number of imidazole rings is 1. The van der Waals surface area contributed by atoms with Crippen molar-refractivity contribution >= 4 is 21.7 Å². The van der Waals surface area contributed by atoms with Crippen LogP contribution in [0.15, 0.2) is 34.9 Å². The summed E-state index contributed by atoms with van der Waals surface area (Å²) in [4.78, 5) is 15.2. The molecule has 0 spiro atoms. The van der Waals surface area contributed by atoms with Crippen LogP contribution in [0.1, 0.15) is 35.9 Å². The molecule has 0 saturated carbocycles. The summed E-state index contributed by atoms with van der Waals surface area (Å²) in [6, 6.07) is 9.14. The first-order chi connectivity index (χ1) is 8.52. The van der Waals surface area contributed by atoms with Crippen molar-refractivity contribution in [1.82, 2.24) is 9.55 Å². The minimum atomic E-state index is -0.663. The molecule has 0 aliphatic rings. The minimum absolute atomic E-state index is 0.221. The van der Waals surface area contributed by atoms with Gasteiger partial charge in [0.15, 0.2) is 5.78 Å². The zero-order valence-corrected chi connectivity index (χ0v) is 11.6. The van der Waals surface area contributed by atoms with Crippen molar-refractivity contribution in [3.8, 4) is 0 Å². The van der Waals surface area contributed by atoms with E-state index in [1.807, 2.05) is 37.3 Å². The highest BCUT2D eigenvalue weighted by Gasteiger charge is 2.23. The Hall–Kier alpha value is -1.49. The molecule has 18 heavy (non-hydrogen) atoms. The molecule has 1 aromatic carbocycles. The fraction of sp³-hybridized carbons (Fsp3) is 0.231. The van der Waals surface area contributed by atoms with E-state index in [4.69, 9.17) is 0 Å². The quantitative estimate of drug-likeness (QED) is 0.812. The standard InChI is InChI=1S/C13H12BrFN2O/c1-8(10-6-4-3-5-7-10)17-11(9(2)18)12(14)16-13(17)15/h3-8H,1-2H3/t8-/m1/s1. The van der Waals surface area contributed by atoms with Crippen LogP contribution >= 0.6 is 15.9 Å². The molecule has 0 saturated heterocycles. The Morgan fingerprint density at radius 2 is 2.00 bits per heavy atom. The van der Waals surface area contributed by atoms with Crippen LogP contribution < -0.4 is 0 Å². The van der Waals surface area contributed by atoms with Gasteiger partial charge in [-0.05, 0) is 28.4 Å². The van der Waals surface area contributed by atoms with Crippen molar-refractivity contribution in [2.75, 3.05) is 0 Å². The second kappa shape index (κ2) is 5.02. The summed E-state index contributed by atoms with van der Waals surface area (Å²) < 4.78 is 15.4. The molecule has 0 N–H and O–H groups in total. The van der Waals surface area contributed by atoms with E-state index < -0.39 is 6.08 Å². The number of aromatic nitrogens is 2. The highest BCUT2D eigenvalue weighted by molar-refractivity contribution is 9.10. The number of nitrogens with zero attached hydrogens (tertiary/aromatic N) is 2. The molecule has 0 radical (unpaired) electrons. The highest BCUT2D eigenvalue weighted by Crippen LogP contribution is 2.26. The Balaban J connectivity index is 2.55. The predicted octanol–water partition coefficient (Wildman–Crippen LogP) is 3.60. The summed E-state index contributed by atoms with van der Waals surface area (Å²) in [5.41, 5.74) is 1.17. The molecule has 5 heteroatoms. The molecular weight excluding hydrogens is 299 g/mol. The van der Waals surface area contributed by atoms with Crippen LogP contribution in [0, 0.1) is 6.08 Å². The van der Waals surface area contributed by atoms with Crippen LogP contribution in [0.2, 0.25) is 0 Å². The fourth-order valence-corrected chi connectivity index (χ4v) is 2.54. The lowest BCUT2D eigenvalue weighted by atomic mass is 10.1. The molecular formula is C13H12BrFN2O. The SMILES string of the molecule is CC(=O)c1c(Br)nc(F)n1[C@H](C)c1ccccc1. The molecule has 0 aliphatic carbocycles. The van der Waals surface area contributed by atoms with Crippen molar-refractivity contribution in [3.63, 3.8) is 0 Å². The smallest absolute Gasteiger partial charge is 0.291 e. The van der Waals surface area contributed by atoms with Gasteiger partial charge in [-0.1, -0.05) is 30.3 Å². The first-order valence-electron chi connectivity index (χ1n) is 5.51. The monoisotopic (exact) mass is 310 g/mol. The molecule has 2 rings (SSSR count). The molecule has 0 aliphatic heterocycles. The number of ketones is 1. The largest absolute Gasteiger partial charge is 0.293 e. The topological polar surface area (TPSA) is 34.9 Å². The molecule has 0 amide bonds. The molecule has 1 atom stereocenters. The maximum atomic E-state index is 13.8. The van der Waals surface area contributed by atoms with Crippen LogP contribution in [-0.4, -0.2) is 15.3 Å². The van der Waals surface area contributed by atoms with E-state index in [2.05, 4.69) is 20.9 Å². The van der Waals surface area contributed by atoms with Gasteiger partial charge in [0.2, 0.25) is 0 Å². The number of benzene rings is 1. The number of hydrogen-bond donors (Lipinski definition) is 0. The van der Waals surface area contributed by atoms with Gasteiger partial charge in [-0.2, -0.15) is 9.37 Å². The van der Waals surface area contributed by atoms with E-state index in [0.29, 0.717) is 0 Å². The molecule has 94 valence electrons. The molecule has 0 bridgehead atoms. The summed E-state index contributed by atoms with van der Waals surface area (Å²) in [5, 5.41) is 0. The van der Waals surface area contributed by atoms with Crippen LogP contribution in [0.5, 0.6) is 0 Å². The zero-order valence-electron chi connectivity index (χ0n) is 10.0. The minimum Gasteiger partial charge on any atom is -0.293 e. The third-order valence-corrected chi connectivity index (χ3v) is 3.38. The first-order valence-corrected chi connectivity index (χ1v) is 6.30. The molecule has 1 aromatic heterocycles. The Labute approximate surface area is 113 Å². The van der Waals surface area contributed by atoms with Gasteiger partial charge in [0.05, 0.1) is 6.04 Å². The lowest BCUT2D eigenvalue weighted by Gasteiger charge is -2.16. The van der Waals surface area contributed by atoms with Crippen molar-refractivity contribution < 1.29 is 9.18 Å². The van der Waals surface area contributed by atoms with Gasteiger partial charge in [-0.25, -0.2) is 0 Å². The molecule has 0 fully saturated rings. The van der Waals surface area contributed by atoms with Crippen molar-refractivity contribution in [2.45, 2.75) is 19.9 Å². The normalized spacial score (nSPS) is 12.4. The maximum Gasteiger partial charge on any atom is 0.291 e. The maximum absolute atomic E-state index is 13.8. The summed E-state index contributed by atoms with van der Waals surface area (Å²) in [7, 11) is 0. The number of halogens is 2. The Morgan fingerprint density at radius 3 is 2.56 bits per heavy atom. The van der Waals surface area contributed by atoms with Gasteiger partial charge in [0.1, 0.15) is 10.3 Å². The van der Waals surface area contributed by atoms with Crippen LogP contribution in [0.25, 0.3) is 0 Å². The summed E-state index contributed by atoms with van der Waals surface area (Å²) in [6.07, 6.45) is -0.663. The third kappa shape index (κ3) is 2.22. The van der Waals surface area contributed by atoms with E-state index in [9.17, 15) is 9.18 Å². The number of rotatable bonds is 3. The average Bonchev–Trinajstić information content (AvgIpc) is 2.64. The summed E-state index contributed by atoms with van der Waals surface area (Å²) >= 11 is 3.12. The molecule has 2 aromatic rings. The Bertz CT molecular complexity index is 580. The predicted molar refractivity (Wildman–Crippen MR) is 70.1 cm³/mol. The Kier molecular flexibility index (Phi) is 3.61. The van der Waals surface area contributed by atoms with Crippen LogP contribution in [0.4, 0.5) is 4.39 Å². The second-order valence-corrected chi connectivity index (χ2v) is 4.78. The van der Waals surface area contributed by atoms with E-state index in [1.165, 1.54) is 11.5 Å². The van der Waals surface area contributed by atoms with Crippen LogP contribution in [0.3, 0.4) is 0 Å². The van der Waals surface area contributed by atoms with Gasteiger partial charge >= 0.3 is 0 Å². The third-order valence-electron chi connectivity index (χ3n) is 2.83.